The topological polar surface area (TPSA) is 111 Å². The molecule has 2 heterocycles. The maximum Gasteiger partial charge on any atom is 0.328 e. The second-order valence-corrected chi connectivity index (χ2v) is 4.52. The monoisotopic (exact) mass is 307 g/mol. The Bertz CT molecular complexity index is 663. The number of ether oxygens (including phenoxy) is 1. The number of carboxylic acid groups (broad SMARTS) is 1. The molecule has 2 aromatic heterocycles. The molecule has 0 aliphatic rings. The number of rotatable bonds is 7. The number of anilines is 1. The minimum Gasteiger partial charge on any atom is -0.480 e. The molecule has 9 nitrogen and oxygen atoms in total. The van der Waals surface area contributed by atoms with Gasteiger partial charge in [0, 0.05) is 12.8 Å². The van der Waals surface area contributed by atoms with Gasteiger partial charge in [-0.15, -0.1) is 0 Å². The van der Waals surface area contributed by atoms with E-state index < -0.39 is 17.9 Å². The van der Waals surface area contributed by atoms with Crippen molar-refractivity contribution in [1.82, 2.24) is 19.6 Å². The second kappa shape index (κ2) is 6.85. The first-order valence-corrected chi connectivity index (χ1v) is 6.70. The van der Waals surface area contributed by atoms with Crippen molar-refractivity contribution < 1.29 is 19.4 Å². The van der Waals surface area contributed by atoms with Crippen molar-refractivity contribution >= 4 is 17.6 Å². The van der Waals surface area contributed by atoms with Gasteiger partial charge in [0.1, 0.15) is 18.5 Å². The highest BCUT2D eigenvalue weighted by atomic mass is 16.5. The molecule has 1 unspecified atom stereocenters. The van der Waals surface area contributed by atoms with Crippen LogP contribution in [0.3, 0.4) is 0 Å². The minimum atomic E-state index is -1.07. The van der Waals surface area contributed by atoms with Gasteiger partial charge in [0.05, 0.1) is 18.1 Å². The molecule has 22 heavy (non-hydrogen) atoms. The molecule has 0 spiro atoms. The van der Waals surface area contributed by atoms with Gasteiger partial charge in [-0.05, 0) is 19.9 Å². The number of aromatic nitrogens is 4. The van der Waals surface area contributed by atoms with E-state index in [1.165, 1.54) is 30.1 Å². The van der Waals surface area contributed by atoms with Gasteiger partial charge in [-0.2, -0.15) is 10.2 Å². The predicted molar refractivity (Wildman–Crippen MR) is 76.4 cm³/mol. The molecule has 1 amide bonds. The first-order valence-electron chi connectivity index (χ1n) is 6.70. The summed E-state index contributed by atoms with van der Waals surface area (Å²) in [6.07, 6.45) is 4.49. The number of hydrogen-bond acceptors (Lipinski definition) is 5. The molecule has 118 valence electrons. The van der Waals surface area contributed by atoms with Gasteiger partial charge >= 0.3 is 5.97 Å². The van der Waals surface area contributed by atoms with E-state index in [9.17, 15) is 9.59 Å². The zero-order valence-electron chi connectivity index (χ0n) is 12.3. The fourth-order valence-corrected chi connectivity index (χ4v) is 1.79. The van der Waals surface area contributed by atoms with E-state index in [1.807, 2.05) is 6.92 Å². The van der Waals surface area contributed by atoms with E-state index in [1.54, 1.807) is 6.20 Å². The molecule has 1 atom stereocenters. The summed E-state index contributed by atoms with van der Waals surface area (Å²) in [5.74, 6) is -1.52. The Kier molecular flexibility index (Phi) is 4.89. The van der Waals surface area contributed by atoms with Gasteiger partial charge in [-0.1, -0.05) is 0 Å². The van der Waals surface area contributed by atoms with Crippen LogP contribution in [-0.4, -0.2) is 43.2 Å². The molecule has 0 bridgehead atoms. The van der Waals surface area contributed by atoms with Crippen LogP contribution >= 0.6 is 0 Å². The maximum absolute atomic E-state index is 12.2. The van der Waals surface area contributed by atoms with Crippen LogP contribution in [0.4, 0.5) is 5.69 Å². The third-order valence-corrected chi connectivity index (χ3v) is 2.95. The molecule has 9 heteroatoms. The number of carbonyl (C=O) groups excluding carboxylic acids is 1. The Hall–Kier alpha value is -2.68. The molecule has 0 radical (unpaired) electrons. The predicted octanol–water partition coefficient (Wildman–Crippen LogP) is 0.971. The van der Waals surface area contributed by atoms with E-state index in [0.717, 1.165) is 4.68 Å². The molecule has 0 fully saturated rings. The maximum atomic E-state index is 12.2. The number of hydrogen-bond donors (Lipinski definition) is 2. The summed E-state index contributed by atoms with van der Waals surface area (Å²) in [6.45, 7) is 4.18. The molecular weight excluding hydrogens is 290 g/mol. The normalized spacial score (nSPS) is 12.1. The number of amides is 1. The van der Waals surface area contributed by atoms with Crippen LogP contribution in [0.15, 0.2) is 24.7 Å². The number of carboxylic acids is 1. The van der Waals surface area contributed by atoms with E-state index in [-0.39, 0.29) is 5.69 Å². The van der Waals surface area contributed by atoms with Crippen molar-refractivity contribution in [3.05, 3.63) is 30.4 Å². The number of nitrogens with zero attached hydrogens (tertiary/aromatic N) is 4. The first kappa shape index (κ1) is 15.7. The van der Waals surface area contributed by atoms with Gasteiger partial charge in [0.25, 0.3) is 5.91 Å². The van der Waals surface area contributed by atoms with Gasteiger partial charge in [-0.25, -0.2) is 14.2 Å². The van der Waals surface area contributed by atoms with E-state index in [4.69, 9.17) is 9.84 Å². The summed E-state index contributed by atoms with van der Waals surface area (Å²) < 4.78 is 7.89. The van der Waals surface area contributed by atoms with Crippen molar-refractivity contribution in [3.63, 3.8) is 0 Å². The molecule has 0 saturated heterocycles. The third kappa shape index (κ3) is 3.50. The van der Waals surface area contributed by atoms with Crippen LogP contribution in [0.1, 0.15) is 30.4 Å². The molecule has 0 aromatic carbocycles. The highest BCUT2D eigenvalue weighted by Gasteiger charge is 2.21. The van der Waals surface area contributed by atoms with Crippen molar-refractivity contribution in [2.45, 2.75) is 26.6 Å². The fraction of sp³-hybridized carbons (Fsp3) is 0.385. The van der Waals surface area contributed by atoms with Crippen molar-refractivity contribution in [2.75, 3.05) is 11.9 Å². The van der Waals surface area contributed by atoms with E-state index in [0.29, 0.717) is 19.0 Å². The summed E-state index contributed by atoms with van der Waals surface area (Å²) in [4.78, 5) is 23.2. The molecule has 0 saturated carbocycles. The molecule has 2 aromatic rings. The van der Waals surface area contributed by atoms with Gasteiger partial charge < -0.3 is 15.2 Å². The number of aliphatic carboxylic acids is 1. The third-order valence-electron chi connectivity index (χ3n) is 2.95. The highest BCUT2D eigenvalue weighted by molar-refractivity contribution is 6.03. The van der Waals surface area contributed by atoms with Crippen molar-refractivity contribution in [2.24, 2.45) is 0 Å². The van der Waals surface area contributed by atoms with Crippen LogP contribution in [-0.2, 0) is 16.3 Å². The quantitative estimate of drug-likeness (QED) is 0.788. The van der Waals surface area contributed by atoms with Crippen LogP contribution in [0.2, 0.25) is 0 Å². The fourth-order valence-electron chi connectivity index (χ4n) is 1.79. The van der Waals surface area contributed by atoms with Crippen LogP contribution in [0.25, 0.3) is 0 Å². The Labute approximate surface area is 126 Å². The van der Waals surface area contributed by atoms with Gasteiger partial charge in [0.2, 0.25) is 0 Å². The lowest BCUT2D eigenvalue weighted by atomic mass is 10.3. The SMILES string of the molecule is CCOCn1cc(NC(=O)c2ccnn2C(C)C(=O)O)cn1. The molecule has 0 aliphatic carbocycles. The van der Waals surface area contributed by atoms with Crippen LogP contribution in [0, 0.1) is 0 Å². The van der Waals surface area contributed by atoms with Gasteiger partial charge in [-0.3, -0.25) is 4.79 Å². The Morgan fingerprint density at radius 3 is 2.91 bits per heavy atom. The molecule has 0 aliphatic heterocycles. The van der Waals surface area contributed by atoms with E-state index >= 15 is 0 Å². The summed E-state index contributed by atoms with van der Waals surface area (Å²) in [5, 5.41) is 19.6. The Morgan fingerprint density at radius 2 is 2.23 bits per heavy atom. The molecule has 2 N–H and O–H groups in total. The summed E-state index contributed by atoms with van der Waals surface area (Å²) in [6, 6.07) is 0.524. The zero-order valence-corrected chi connectivity index (χ0v) is 12.3. The summed E-state index contributed by atoms with van der Waals surface area (Å²) in [5.41, 5.74) is 0.646. The number of nitrogens with one attached hydrogen (secondary N) is 1. The standard InChI is InChI=1S/C13H17N5O4/c1-3-22-8-17-7-10(6-15-17)16-12(19)11-4-5-14-18(11)9(2)13(20)21/h4-7,9H,3,8H2,1-2H3,(H,16,19)(H,20,21). The largest absolute Gasteiger partial charge is 0.480 e. The van der Waals surface area contributed by atoms with Crippen molar-refractivity contribution in [1.29, 1.82) is 0 Å². The molecule has 2 rings (SSSR count). The van der Waals surface area contributed by atoms with E-state index in [2.05, 4.69) is 15.5 Å². The lowest BCUT2D eigenvalue weighted by Crippen LogP contribution is -2.24. The second-order valence-electron chi connectivity index (χ2n) is 4.52. The Balaban J connectivity index is 2.08. The zero-order chi connectivity index (χ0) is 16.1. The molecular formula is C13H17N5O4. The average molecular weight is 307 g/mol. The summed E-state index contributed by atoms with van der Waals surface area (Å²) >= 11 is 0. The lowest BCUT2D eigenvalue weighted by molar-refractivity contribution is -0.140. The summed E-state index contributed by atoms with van der Waals surface area (Å²) in [7, 11) is 0. The van der Waals surface area contributed by atoms with Crippen molar-refractivity contribution in [3.8, 4) is 0 Å². The Morgan fingerprint density at radius 1 is 1.45 bits per heavy atom. The van der Waals surface area contributed by atoms with Crippen LogP contribution in [0.5, 0.6) is 0 Å². The minimum absolute atomic E-state index is 0.160. The van der Waals surface area contributed by atoms with Crippen LogP contribution < -0.4 is 5.32 Å². The number of carbonyl (C=O) groups is 2. The average Bonchev–Trinajstić information content (AvgIpc) is 3.13. The lowest BCUT2D eigenvalue weighted by Gasteiger charge is -2.10. The smallest absolute Gasteiger partial charge is 0.328 e. The first-order chi connectivity index (χ1) is 10.5. The highest BCUT2D eigenvalue weighted by Crippen LogP contribution is 2.12. The van der Waals surface area contributed by atoms with Gasteiger partial charge in [0.15, 0.2) is 0 Å².